The lowest BCUT2D eigenvalue weighted by atomic mass is 9.49. The van der Waals surface area contributed by atoms with E-state index in [0.29, 0.717) is 17.1 Å². The SMILES string of the molecule is CC.CC(=O)C1CCC2C3CCC4CC(O)CCC4C3CCC12C. The van der Waals surface area contributed by atoms with E-state index in [2.05, 4.69) is 6.92 Å². The molecule has 2 heteroatoms. The molecule has 0 spiro atoms. The summed E-state index contributed by atoms with van der Waals surface area (Å²) in [5, 5.41) is 9.99. The molecule has 0 aromatic rings. The summed E-state index contributed by atoms with van der Waals surface area (Å²) in [4.78, 5) is 12.1. The Kier molecular flexibility index (Phi) is 5.45. The molecular weight excluding hydrogens is 296 g/mol. The van der Waals surface area contributed by atoms with E-state index in [1.54, 1.807) is 0 Å². The molecule has 138 valence electrons. The van der Waals surface area contributed by atoms with Gasteiger partial charge in [-0.2, -0.15) is 0 Å². The number of carbonyl (C=O) groups is 1. The summed E-state index contributed by atoms with van der Waals surface area (Å²) in [5.74, 6) is 5.02. The third-order valence-corrected chi connectivity index (χ3v) is 8.42. The van der Waals surface area contributed by atoms with Crippen molar-refractivity contribution in [1.82, 2.24) is 0 Å². The summed E-state index contributed by atoms with van der Waals surface area (Å²) < 4.78 is 0. The van der Waals surface area contributed by atoms with Crippen LogP contribution in [0.5, 0.6) is 0 Å². The van der Waals surface area contributed by atoms with Crippen LogP contribution in [0.4, 0.5) is 0 Å². The van der Waals surface area contributed by atoms with Crippen LogP contribution in [0.15, 0.2) is 0 Å². The Labute approximate surface area is 148 Å². The minimum atomic E-state index is -0.0276. The molecule has 0 radical (unpaired) electrons. The number of hydrogen-bond donors (Lipinski definition) is 1. The Balaban J connectivity index is 0.000000815. The molecule has 0 heterocycles. The van der Waals surface area contributed by atoms with Crippen molar-refractivity contribution in [2.75, 3.05) is 0 Å². The molecule has 0 amide bonds. The molecule has 0 bridgehead atoms. The number of Topliss-reactive ketones (excluding diaryl/α,β-unsaturated/α-hetero) is 1. The first kappa shape index (κ1) is 18.4. The van der Waals surface area contributed by atoms with Crippen LogP contribution >= 0.6 is 0 Å². The Hall–Kier alpha value is -0.370. The number of carbonyl (C=O) groups excluding carboxylic acids is 1. The number of fused-ring (bicyclic) bond motifs is 5. The Bertz CT molecular complexity index is 459. The zero-order valence-electron chi connectivity index (χ0n) is 16.3. The maximum absolute atomic E-state index is 12.1. The number of aliphatic hydroxyl groups is 1. The average Bonchev–Trinajstić information content (AvgIpc) is 2.93. The van der Waals surface area contributed by atoms with E-state index in [4.69, 9.17) is 0 Å². The van der Waals surface area contributed by atoms with Gasteiger partial charge in [-0.25, -0.2) is 0 Å². The van der Waals surface area contributed by atoms with E-state index in [0.717, 1.165) is 48.9 Å². The van der Waals surface area contributed by atoms with Crippen LogP contribution in [-0.2, 0) is 4.79 Å². The van der Waals surface area contributed by atoms with Gasteiger partial charge in [-0.3, -0.25) is 4.79 Å². The molecule has 2 nitrogen and oxygen atoms in total. The van der Waals surface area contributed by atoms with Gasteiger partial charge in [-0.1, -0.05) is 20.8 Å². The van der Waals surface area contributed by atoms with Crippen LogP contribution in [0.2, 0.25) is 0 Å². The van der Waals surface area contributed by atoms with E-state index in [1.807, 2.05) is 20.8 Å². The van der Waals surface area contributed by atoms with Crippen LogP contribution in [0.1, 0.15) is 85.5 Å². The van der Waals surface area contributed by atoms with Gasteiger partial charge in [-0.15, -0.1) is 0 Å². The molecule has 1 N–H and O–H groups in total. The van der Waals surface area contributed by atoms with E-state index in [-0.39, 0.29) is 6.10 Å². The average molecular weight is 335 g/mol. The molecule has 0 saturated heterocycles. The van der Waals surface area contributed by atoms with Crippen molar-refractivity contribution in [3.63, 3.8) is 0 Å². The second kappa shape index (κ2) is 7.09. The number of ketones is 1. The highest BCUT2D eigenvalue weighted by Crippen LogP contribution is 2.64. The van der Waals surface area contributed by atoms with Crippen molar-refractivity contribution < 1.29 is 9.90 Å². The Morgan fingerprint density at radius 1 is 0.917 bits per heavy atom. The molecule has 4 aliphatic rings. The highest BCUT2D eigenvalue weighted by atomic mass is 16.3. The third kappa shape index (κ3) is 2.87. The molecule has 4 aliphatic carbocycles. The smallest absolute Gasteiger partial charge is 0.133 e. The Morgan fingerprint density at radius 3 is 2.33 bits per heavy atom. The van der Waals surface area contributed by atoms with Crippen LogP contribution in [0.25, 0.3) is 0 Å². The van der Waals surface area contributed by atoms with Gasteiger partial charge in [0.1, 0.15) is 5.78 Å². The number of hydrogen-bond acceptors (Lipinski definition) is 2. The van der Waals surface area contributed by atoms with Crippen LogP contribution < -0.4 is 0 Å². The van der Waals surface area contributed by atoms with Gasteiger partial charge >= 0.3 is 0 Å². The second-order valence-electron chi connectivity index (χ2n) is 9.19. The normalized spacial score (nSPS) is 50.0. The maximum atomic E-state index is 12.1. The molecule has 4 rings (SSSR count). The molecular formula is C22H38O2. The van der Waals surface area contributed by atoms with E-state index < -0.39 is 0 Å². The van der Waals surface area contributed by atoms with Gasteiger partial charge in [0.15, 0.2) is 0 Å². The fourth-order valence-corrected chi connectivity index (χ4v) is 7.50. The van der Waals surface area contributed by atoms with E-state index >= 15 is 0 Å². The third-order valence-electron chi connectivity index (χ3n) is 8.42. The number of rotatable bonds is 1. The topological polar surface area (TPSA) is 37.3 Å². The largest absolute Gasteiger partial charge is 0.393 e. The fraction of sp³-hybridized carbons (Fsp3) is 0.955. The first-order valence-corrected chi connectivity index (χ1v) is 10.7. The first-order chi connectivity index (χ1) is 11.5. The molecule has 0 aliphatic heterocycles. The summed E-state index contributed by atoms with van der Waals surface area (Å²) in [6.07, 6.45) is 11.1. The lowest BCUT2D eigenvalue weighted by Crippen LogP contribution is -2.49. The van der Waals surface area contributed by atoms with E-state index in [9.17, 15) is 9.90 Å². The highest BCUT2D eigenvalue weighted by Gasteiger charge is 2.57. The summed E-state index contributed by atoms with van der Waals surface area (Å²) in [6, 6.07) is 0. The lowest BCUT2D eigenvalue weighted by molar-refractivity contribution is -0.128. The summed E-state index contributed by atoms with van der Waals surface area (Å²) in [6.45, 7) is 8.26. The van der Waals surface area contributed by atoms with Gasteiger partial charge < -0.3 is 5.11 Å². The minimum absolute atomic E-state index is 0.0276. The van der Waals surface area contributed by atoms with Gasteiger partial charge in [0.05, 0.1) is 6.10 Å². The maximum Gasteiger partial charge on any atom is 0.133 e. The fourth-order valence-electron chi connectivity index (χ4n) is 7.50. The monoisotopic (exact) mass is 334 g/mol. The van der Waals surface area contributed by atoms with Crippen molar-refractivity contribution in [2.24, 2.45) is 40.9 Å². The van der Waals surface area contributed by atoms with Gasteiger partial charge in [0.25, 0.3) is 0 Å². The summed E-state index contributed by atoms with van der Waals surface area (Å²) in [5.41, 5.74) is 0.300. The van der Waals surface area contributed by atoms with Crippen molar-refractivity contribution in [3.8, 4) is 0 Å². The second-order valence-corrected chi connectivity index (χ2v) is 9.19. The van der Waals surface area contributed by atoms with Gasteiger partial charge in [0, 0.05) is 5.92 Å². The first-order valence-electron chi connectivity index (χ1n) is 10.7. The quantitative estimate of drug-likeness (QED) is 0.713. The molecule has 4 fully saturated rings. The van der Waals surface area contributed by atoms with E-state index in [1.165, 1.54) is 38.5 Å². The predicted octanol–water partition coefficient (Wildman–Crippen LogP) is 5.23. The minimum Gasteiger partial charge on any atom is -0.393 e. The lowest BCUT2D eigenvalue weighted by Gasteiger charge is -2.56. The molecule has 8 atom stereocenters. The number of aliphatic hydroxyl groups excluding tert-OH is 1. The van der Waals surface area contributed by atoms with Gasteiger partial charge in [0.2, 0.25) is 0 Å². The zero-order valence-corrected chi connectivity index (χ0v) is 16.3. The van der Waals surface area contributed by atoms with Crippen LogP contribution in [0.3, 0.4) is 0 Å². The molecule has 4 saturated carbocycles. The van der Waals surface area contributed by atoms with Crippen molar-refractivity contribution in [1.29, 1.82) is 0 Å². The van der Waals surface area contributed by atoms with Crippen molar-refractivity contribution in [2.45, 2.75) is 91.6 Å². The standard InChI is InChI=1S/C20H32O2.C2H6/c1-12(21)18-7-8-19-17-5-3-13-11-14(22)4-6-15(13)16(17)9-10-20(18,19)2;1-2/h13-19,22H,3-11H2,1-2H3;1-2H3. The summed E-state index contributed by atoms with van der Waals surface area (Å²) >= 11 is 0. The highest BCUT2D eigenvalue weighted by molar-refractivity contribution is 5.79. The molecule has 0 aromatic heterocycles. The van der Waals surface area contributed by atoms with Gasteiger partial charge in [-0.05, 0) is 99.7 Å². The zero-order chi connectivity index (χ0) is 17.5. The van der Waals surface area contributed by atoms with Crippen molar-refractivity contribution >= 4 is 5.78 Å². The Morgan fingerprint density at radius 2 is 1.62 bits per heavy atom. The molecule has 24 heavy (non-hydrogen) atoms. The van der Waals surface area contributed by atoms with Crippen LogP contribution in [-0.4, -0.2) is 17.0 Å². The van der Waals surface area contributed by atoms with Crippen LogP contribution in [0, 0.1) is 40.9 Å². The molecule has 8 unspecified atom stereocenters. The van der Waals surface area contributed by atoms with Crippen molar-refractivity contribution in [3.05, 3.63) is 0 Å². The predicted molar refractivity (Wildman–Crippen MR) is 98.6 cm³/mol. The molecule has 0 aromatic carbocycles. The summed E-state index contributed by atoms with van der Waals surface area (Å²) in [7, 11) is 0.